The molecule has 1 aromatic heterocycles. The van der Waals surface area contributed by atoms with Crippen LogP contribution in [-0.2, 0) is 18.4 Å². The third-order valence-electron chi connectivity index (χ3n) is 3.55. The number of anilines is 1. The number of carbonyl (C=O) groups excluding carboxylic acids is 1. The van der Waals surface area contributed by atoms with Gasteiger partial charge < -0.3 is 14.5 Å². The van der Waals surface area contributed by atoms with E-state index in [0.29, 0.717) is 5.13 Å². The summed E-state index contributed by atoms with van der Waals surface area (Å²) < 4.78 is 24.6. The minimum Gasteiger partial charge on any atom is -0.309 e. The number of hydrogen-bond acceptors (Lipinski definition) is 8. The van der Waals surface area contributed by atoms with E-state index in [1.807, 2.05) is 45.9 Å². The first kappa shape index (κ1) is 23.5. The third kappa shape index (κ3) is 7.19. The normalized spacial score (nSPS) is 13.0. The maximum atomic E-state index is 12.9. The maximum Gasteiger partial charge on any atom is 0.336 e. The molecule has 0 saturated carbocycles. The van der Waals surface area contributed by atoms with Crippen molar-refractivity contribution in [1.29, 1.82) is 0 Å². The molecule has 0 bridgehead atoms. The van der Waals surface area contributed by atoms with Gasteiger partial charge in [-0.25, -0.2) is 4.98 Å². The second kappa shape index (κ2) is 9.80. The van der Waals surface area contributed by atoms with Crippen molar-refractivity contribution in [2.75, 3.05) is 24.7 Å². The zero-order valence-electron chi connectivity index (χ0n) is 17.7. The van der Waals surface area contributed by atoms with E-state index in [4.69, 9.17) is 9.05 Å². The molecule has 0 atom stereocenters. The number of benzene rings is 1. The van der Waals surface area contributed by atoms with Crippen LogP contribution in [0.15, 0.2) is 23.3 Å². The van der Waals surface area contributed by atoms with Crippen LogP contribution in [-0.4, -0.2) is 41.5 Å². The smallest absolute Gasteiger partial charge is 0.309 e. The van der Waals surface area contributed by atoms with Gasteiger partial charge >= 0.3 is 7.60 Å². The molecule has 1 amide bonds. The average Bonchev–Trinajstić information content (AvgIpc) is 2.99. The van der Waals surface area contributed by atoms with Crippen LogP contribution in [0.25, 0.3) is 10.2 Å². The molecule has 0 radical (unpaired) electrons. The van der Waals surface area contributed by atoms with E-state index < -0.39 is 13.5 Å². The molecule has 29 heavy (non-hydrogen) atoms. The zero-order chi connectivity index (χ0) is 21.7. The van der Waals surface area contributed by atoms with Gasteiger partial charge in [-0.3, -0.25) is 14.7 Å². The summed E-state index contributed by atoms with van der Waals surface area (Å²) in [5.74, 6) is -0.503. The molecule has 2 aromatic rings. The van der Waals surface area contributed by atoms with Gasteiger partial charge in [0.05, 0.1) is 29.6 Å². The molecule has 0 aliphatic rings. The fourth-order valence-corrected chi connectivity index (χ4v) is 4.94. The molecule has 160 valence electrons. The Bertz CT molecular complexity index is 926. The van der Waals surface area contributed by atoms with Crippen molar-refractivity contribution in [2.45, 2.75) is 47.1 Å². The summed E-state index contributed by atoms with van der Waals surface area (Å²) in [6.07, 6.45) is -0.242. The van der Waals surface area contributed by atoms with Crippen LogP contribution in [0.2, 0.25) is 0 Å². The fraction of sp³-hybridized carbons (Fsp3) is 0.526. The van der Waals surface area contributed by atoms with Crippen LogP contribution in [0.3, 0.4) is 0 Å². The number of amides is 1. The number of fused-ring (bicyclic) bond motifs is 1. The summed E-state index contributed by atoms with van der Waals surface area (Å²) in [5, 5.41) is 7.41. The van der Waals surface area contributed by atoms with E-state index in [0.717, 1.165) is 15.8 Å². The Labute approximate surface area is 175 Å². The molecule has 0 unspecified atom stereocenters. The topological polar surface area (TPSA) is 102 Å². The number of carbonyl (C=O) groups is 1. The van der Waals surface area contributed by atoms with Crippen LogP contribution in [0, 0.1) is 6.92 Å². The molecule has 0 saturated heterocycles. The van der Waals surface area contributed by atoms with E-state index in [1.165, 1.54) is 11.3 Å². The fourth-order valence-electron chi connectivity index (χ4n) is 2.35. The lowest BCUT2D eigenvalue weighted by Crippen LogP contribution is -2.36. The summed E-state index contributed by atoms with van der Waals surface area (Å²) in [4.78, 5) is 17.3. The number of nitrogens with one attached hydrogen (secondary N) is 2. The Balaban J connectivity index is 2.28. The predicted octanol–water partition coefficient (Wildman–Crippen LogP) is 4.55. The number of hydrogen-bond donors (Lipinski definition) is 2. The van der Waals surface area contributed by atoms with Crippen molar-refractivity contribution < 1.29 is 18.4 Å². The van der Waals surface area contributed by atoms with Crippen LogP contribution in [0.4, 0.5) is 5.13 Å². The first-order valence-corrected chi connectivity index (χ1v) is 12.0. The van der Waals surface area contributed by atoms with Gasteiger partial charge in [0, 0.05) is 5.54 Å². The molecule has 0 aliphatic carbocycles. The summed E-state index contributed by atoms with van der Waals surface area (Å²) >= 11 is 1.37. The van der Waals surface area contributed by atoms with Crippen molar-refractivity contribution in [3.05, 3.63) is 23.8 Å². The standard InChI is InChI=1S/C19H29N4O4PS/c1-7-26-28(25,27-8-2)12-15(22-23-19(4,5)6)17(24)21-18-20-14-10-9-13(3)11-16(14)29-18/h9-11,23H,7-8,12H2,1-6H3,(H,20,21,24). The second-order valence-corrected chi connectivity index (χ2v) is 10.6. The Morgan fingerprint density at radius 2 is 1.90 bits per heavy atom. The van der Waals surface area contributed by atoms with Gasteiger partial charge in [0.25, 0.3) is 5.91 Å². The first-order valence-electron chi connectivity index (χ1n) is 9.45. The highest BCUT2D eigenvalue weighted by atomic mass is 32.1. The molecule has 1 heterocycles. The molecular formula is C19H29N4O4PS. The maximum absolute atomic E-state index is 12.9. The lowest BCUT2D eigenvalue weighted by atomic mass is 10.1. The summed E-state index contributed by atoms with van der Waals surface area (Å²) in [6, 6.07) is 5.89. The number of aryl methyl sites for hydroxylation is 1. The lowest BCUT2D eigenvalue weighted by molar-refractivity contribution is -0.110. The van der Waals surface area contributed by atoms with Gasteiger partial charge in [-0.15, -0.1) is 0 Å². The van der Waals surface area contributed by atoms with Crippen molar-refractivity contribution in [2.24, 2.45) is 5.10 Å². The highest BCUT2D eigenvalue weighted by Crippen LogP contribution is 2.48. The number of aromatic nitrogens is 1. The third-order valence-corrected chi connectivity index (χ3v) is 6.47. The van der Waals surface area contributed by atoms with Gasteiger partial charge in [-0.1, -0.05) is 17.4 Å². The summed E-state index contributed by atoms with van der Waals surface area (Å²) in [7, 11) is -3.50. The van der Waals surface area contributed by atoms with Gasteiger partial charge in [-0.2, -0.15) is 5.10 Å². The average molecular weight is 441 g/mol. The monoisotopic (exact) mass is 440 g/mol. The molecule has 1 aromatic carbocycles. The van der Waals surface area contributed by atoms with Gasteiger partial charge in [0.1, 0.15) is 5.71 Å². The van der Waals surface area contributed by atoms with Crippen molar-refractivity contribution in [3.63, 3.8) is 0 Å². The minimum absolute atomic E-state index is 0.0283. The Kier molecular flexibility index (Phi) is 7.94. The van der Waals surface area contributed by atoms with Gasteiger partial charge in [0.2, 0.25) is 0 Å². The largest absolute Gasteiger partial charge is 0.336 e. The number of hydrazone groups is 1. The first-order chi connectivity index (χ1) is 13.5. The molecule has 10 heteroatoms. The molecule has 0 fully saturated rings. The van der Waals surface area contributed by atoms with Crippen LogP contribution in [0.5, 0.6) is 0 Å². The zero-order valence-corrected chi connectivity index (χ0v) is 19.4. The number of thiazole rings is 1. The minimum atomic E-state index is -3.50. The Morgan fingerprint density at radius 3 is 2.48 bits per heavy atom. The van der Waals surface area contributed by atoms with Crippen LogP contribution >= 0.6 is 18.9 Å². The second-order valence-electron chi connectivity index (χ2n) is 7.47. The number of nitrogens with zero attached hydrogens (tertiary/aromatic N) is 2. The molecule has 2 rings (SSSR count). The lowest BCUT2D eigenvalue weighted by Gasteiger charge is -2.21. The van der Waals surface area contributed by atoms with Crippen molar-refractivity contribution in [1.82, 2.24) is 10.4 Å². The molecular weight excluding hydrogens is 411 g/mol. The predicted molar refractivity (Wildman–Crippen MR) is 119 cm³/mol. The van der Waals surface area contributed by atoms with E-state index >= 15 is 0 Å². The Morgan fingerprint density at radius 1 is 1.24 bits per heavy atom. The van der Waals surface area contributed by atoms with E-state index in [9.17, 15) is 9.36 Å². The molecule has 0 spiro atoms. The Hall–Kier alpha value is -1.80. The van der Waals surface area contributed by atoms with Crippen molar-refractivity contribution in [3.8, 4) is 0 Å². The van der Waals surface area contributed by atoms with Crippen molar-refractivity contribution >= 4 is 45.9 Å². The molecule has 2 N–H and O–H groups in total. The van der Waals surface area contributed by atoms with Gasteiger partial charge in [0.15, 0.2) is 5.13 Å². The quantitative estimate of drug-likeness (QED) is 0.337. The highest BCUT2D eigenvalue weighted by Gasteiger charge is 2.30. The number of rotatable bonds is 9. The van der Waals surface area contributed by atoms with Crippen LogP contribution < -0.4 is 10.7 Å². The van der Waals surface area contributed by atoms with Gasteiger partial charge in [-0.05, 0) is 59.2 Å². The summed E-state index contributed by atoms with van der Waals surface area (Å²) in [5.41, 5.74) is 4.48. The summed E-state index contributed by atoms with van der Waals surface area (Å²) in [6.45, 7) is 11.6. The van der Waals surface area contributed by atoms with Crippen LogP contribution in [0.1, 0.15) is 40.2 Å². The SMILES string of the molecule is CCOP(=O)(CC(=NNC(C)(C)C)C(=O)Nc1nc2ccc(C)cc2s1)OCC. The van der Waals surface area contributed by atoms with E-state index in [-0.39, 0.29) is 30.6 Å². The molecule has 8 nitrogen and oxygen atoms in total. The van der Waals surface area contributed by atoms with E-state index in [1.54, 1.807) is 13.8 Å². The highest BCUT2D eigenvalue weighted by molar-refractivity contribution is 7.55. The van der Waals surface area contributed by atoms with E-state index in [2.05, 4.69) is 20.8 Å². The molecule has 0 aliphatic heterocycles.